The third-order valence-electron chi connectivity index (χ3n) is 4.96. The number of carbonyl (C=O) groups excluding carboxylic acids is 2. The van der Waals surface area contributed by atoms with Crippen LogP contribution in [0.1, 0.15) is 42.3 Å². The quantitative estimate of drug-likeness (QED) is 0.283. The summed E-state index contributed by atoms with van der Waals surface area (Å²) in [6.45, 7) is 3.93. The number of carboxylic acids is 2. The Morgan fingerprint density at radius 2 is 1.59 bits per heavy atom. The van der Waals surface area contributed by atoms with Crippen LogP contribution in [0.15, 0.2) is 48.5 Å². The molecule has 2 aromatic rings. The average Bonchev–Trinajstić information content (AvgIpc) is 2.81. The van der Waals surface area contributed by atoms with Gasteiger partial charge in [0.1, 0.15) is 23.0 Å². The molecule has 0 heterocycles. The lowest BCUT2D eigenvalue weighted by molar-refractivity contribution is -0.139. The molecule has 5 N–H and O–H groups in total. The first-order valence-electron chi connectivity index (χ1n) is 11.5. The van der Waals surface area contributed by atoms with Crippen molar-refractivity contribution in [2.45, 2.75) is 51.3 Å². The fraction of sp³-hybridized carbons (Fsp3) is 0.385. The summed E-state index contributed by atoms with van der Waals surface area (Å²) >= 11 is 0. The second kappa shape index (κ2) is 13.3. The van der Waals surface area contributed by atoms with Crippen LogP contribution < -0.4 is 15.4 Å². The Balaban J connectivity index is 2.17. The molecule has 11 nitrogen and oxygen atoms in total. The Bertz CT molecular complexity index is 1100. The minimum Gasteiger partial charge on any atom is -0.481 e. The molecule has 0 spiro atoms. The number of ether oxygens (including phenoxy) is 2. The Morgan fingerprint density at radius 1 is 0.919 bits per heavy atom. The lowest BCUT2D eigenvalue weighted by Crippen LogP contribution is -2.52. The van der Waals surface area contributed by atoms with Gasteiger partial charge in [0, 0.05) is 6.42 Å². The minimum atomic E-state index is -1.32. The molecular formula is C26H32N2O9. The standard InChI is InChI=1S/C26H32N2O9/c1-26(2,3)37-25(35)28-20(13-16-7-5-4-6-8-16)23(32)27-18(14-29)11-17-9-10-21(36-15-22(30)31)19(12-17)24(33)34/h4-10,12,18,20,29H,11,13-15H2,1-3H3,(H,27,32)(H,28,35)(H,30,31)(H,33,34)/t18-,20-/m0/s1. The zero-order chi connectivity index (χ0) is 27.6. The average molecular weight is 517 g/mol. The molecule has 2 rings (SSSR count). The number of nitrogens with one attached hydrogen (secondary N) is 2. The van der Waals surface area contributed by atoms with Gasteiger partial charge in [-0.15, -0.1) is 0 Å². The van der Waals surface area contributed by atoms with E-state index in [0.717, 1.165) is 5.56 Å². The number of carboxylic acid groups (broad SMARTS) is 2. The van der Waals surface area contributed by atoms with Gasteiger partial charge in [-0.25, -0.2) is 14.4 Å². The molecule has 0 fully saturated rings. The van der Waals surface area contributed by atoms with Crippen molar-refractivity contribution in [3.8, 4) is 5.75 Å². The Labute approximate surface area is 214 Å². The highest BCUT2D eigenvalue weighted by Crippen LogP contribution is 2.21. The Morgan fingerprint density at radius 3 is 2.16 bits per heavy atom. The van der Waals surface area contributed by atoms with Crippen molar-refractivity contribution in [2.24, 2.45) is 0 Å². The van der Waals surface area contributed by atoms with Gasteiger partial charge in [0.25, 0.3) is 0 Å². The van der Waals surface area contributed by atoms with Gasteiger partial charge >= 0.3 is 18.0 Å². The first-order valence-corrected chi connectivity index (χ1v) is 11.5. The summed E-state index contributed by atoms with van der Waals surface area (Å²) < 4.78 is 10.3. The lowest BCUT2D eigenvalue weighted by Gasteiger charge is -2.25. The van der Waals surface area contributed by atoms with Crippen LogP contribution in [0.3, 0.4) is 0 Å². The second-order valence-corrected chi connectivity index (χ2v) is 9.30. The maximum Gasteiger partial charge on any atom is 0.408 e. The van der Waals surface area contributed by atoms with Gasteiger partial charge in [0.2, 0.25) is 5.91 Å². The van der Waals surface area contributed by atoms with Crippen LogP contribution in [0.4, 0.5) is 4.79 Å². The van der Waals surface area contributed by atoms with Crippen molar-refractivity contribution in [3.63, 3.8) is 0 Å². The SMILES string of the molecule is CC(C)(C)OC(=O)N[C@@H](Cc1ccccc1)C(=O)N[C@H](CO)Cc1ccc(OCC(=O)O)c(C(=O)O)c1. The molecule has 200 valence electrons. The molecule has 0 unspecified atom stereocenters. The summed E-state index contributed by atoms with van der Waals surface area (Å²) in [5.74, 6) is -3.26. The van der Waals surface area contributed by atoms with Gasteiger partial charge in [-0.1, -0.05) is 36.4 Å². The topological polar surface area (TPSA) is 171 Å². The van der Waals surface area contributed by atoms with E-state index in [2.05, 4.69) is 10.6 Å². The van der Waals surface area contributed by atoms with Crippen LogP contribution in [-0.4, -0.2) is 70.2 Å². The monoisotopic (exact) mass is 516 g/mol. The summed E-state index contributed by atoms with van der Waals surface area (Å²) in [4.78, 5) is 47.9. The molecule has 0 aliphatic heterocycles. The van der Waals surface area contributed by atoms with Crippen LogP contribution in [0.25, 0.3) is 0 Å². The number of alkyl carbamates (subject to hydrolysis) is 1. The number of aromatic carboxylic acids is 1. The maximum atomic E-state index is 13.1. The van der Waals surface area contributed by atoms with Crippen molar-refractivity contribution in [1.82, 2.24) is 10.6 Å². The van der Waals surface area contributed by atoms with Gasteiger partial charge in [0.05, 0.1) is 12.6 Å². The third kappa shape index (κ3) is 10.2. The van der Waals surface area contributed by atoms with Crippen LogP contribution in [-0.2, 0) is 27.2 Å². The number of carbonyl (C=O) groups is 4. The van der Waals surface area contributed by atoms with Crippen molar-refractivity contribution in [1.29, 1.82) is 0 Å². The smallest absolute Gasteiger partial charge is 0.408 e. The molecule has 0 aliphatic rings. The van der Waals surface area contributed by atoms with Gasteiger partial charge in [-0.2, -0.15) is 0 Å². The lowest BCUT2D eigenvalue weighted by atomic mass is 10.0. The summed E-state index contributed by atoms with van der Waals surface area (Å²) in [7, 11) is 0. The summed E-state index contributed by atoms with van der Waals surface area (Å²) in [6, 6.07) is 11.4. The number of aliphatic hydroxyl groups is 1. The van der Waals surface area contributed by atoms with Gasteiger partial charge in [0.15, 0.2) is 6.61 Å². The Kier molecular flexibility index (Phi) is 10.4. The van der Waals surface area contributed by atoms with Gasteiger partial charge in [-0.3, -0.25) is 4.79 Å². The predicted molar refractivity (Wildman–Crippen MR) is 133 cm³/mol. The normalized spacial score (nSPS) is 12.6. The Hall–Kier alpha value is -4.12. The van der Waals surface area contributed by atoms with Gasteiger partial charge < -0.3 is 35.4 Å². The van der Waals surface area contributed by atoms with E-state index < -0.39 is 54.8 Å². The third-order valence-corrected chi connectivity index (χ3v) is 4.96. The van der Waals surface area contributed by atoms with E-state index in [0.29, 0.717) is 5.56 Å². The molecule has 11 heteroatoms. The van der Waals surface area contributed by atoms with Crippen molar-refractivity contribution < 1.29 is 44.0 Å². The fourth-order valence-electron chi connectivity index (χ4n) is 3.39. The number of rotatable bonds is 12. The van der Waals surface area contributed by atoms with Crippen molar-refractivity contribution >= 4 is 23.9 Å². The van der Waals surface area contributed by atoms with E-state index in [4.69, 9.17) is 14.6 Å². The van der Waals surface area contributed by atoms with Crippen LogP contribution in [0, 0.1) is 0 Å². The maximum absolute atomic E-state index is 13.1. The van der Waals surface area contributed by atoms with Crippen LogP contribution in [0.2, 0.25) is 0 Å². The molecule has 0 radical (unpaired) electrons. The van der Waals surface area contributed by atoms with Crippen molar-refractivity contribution in [3.05, 3.63) is 65.2 Å². The number of aliphatic hydroxyl groups excluding tert-OH is 1. The molecule has 2 aromatic carbocycles. The van der Waals surface area contributed by atoms with E-state index in [-0.39, 0.29) is 24.2 Å². The summed E-state index contributed by atoms with van der Waals surface area (Å²) in [5, 5.41) is 33.4. The number of aliphatic carboxylic acids is 1. The number of hydrogen-bond donors (Lipinski definition) is 5. The number of hydrogen-bond acceptors (Lipinski definition) is 7. The minimum absolute atomic E-state index is 0.0617. The zero-order valence-corrected chi connectivity index (χ0v) is 20.9. The predicted octanol–water partition coefficient (Wildman–Crippen LogP) is 2.00. The molecule has 37 heavy (non-hydrogen) atoms. The van der Waals surface area contributed by atoms with Crippen LogP contribution >= 0.6 is 0 Å². The molecular weight excluding hydrogens is 484 g/mol. The van der Waals surface area contributed by atoms with E-state index in [1.165, 1.54) is 18.2 Å². The molecule has 0 aliphatic carbocycles. The zero-order valence-electron chi connectivity index (χ0n) is 20.9. The second-order valence-electron chi connectivity index (χ2n) is 9.30. The number of amides is 2. The fourth-order valence-corrected chi connectivity index (χ4v) is 3.39. The van der Waals surface area contributed by atoms with E-state index in [1.54, 1.807) is 32.9 Å². The first-order chi connectivity index (χ1) is 17.4. The highest BCUT2D eigenvalue weighted by molar-refractivity contribution is 5.91. The molecule has 0 saturated heterocycles. The first kappa shape index (κ1) is 29.1. The van der Waals surface area contributed by atoms with Crippen molar-refractivity contribution in [2.75, 3.05) is 13.2 Å². The highest BCUT2D eigenvalue weighted by Gasteiger charge is 2.26. The van der Waals surface area contributed by atoms with E-state index in [9.17, 15) is 29.4 Å². The summed E-state index contributed by atoms with van der Waals surface area (Å²) in [6.07, 6.45) is -0.540. The largest absolute Gasteiger partial charge is 0.481 e. The van der Waals surface area contributed by atoms with E-state index >= 15 is 0 Å². The molecule has 0 saturated carbocycles. The number of benzene rings is 2. The molecule has 2 atom stereocenters. The highest BCUT2D eigenvalue weighted by atomic mass is 16.6. The molecule has 0 aromatic heterocycles. The van der Waals surface area contributed by atoms with E-state index in [1.807, 2.05) is 18.2 Å². The van der Waals surface area contributed by atoms with Crippen LogP contribution in [0.5, 0.6) is 5.75 Å². The molecule has 0 bridgehead atoms. The van der Waals surface area contributed by atoms with Gasteiger partial charge in [-0.05, 0) is 50.5 Å². The molecule has 2 amide bonds. The summed E-state index contributed by atoms with van der Waals surface area (Å²) in [5.41, 5.74) is 0.227.